The van der Waals surface area contributed by atoms with Crippen molar-refractivity contribution < 1.29 is 14.7 Å². The molecule has 0 bridgehead atoms. The van der Waals surface area contributed by atoms with Gasteiger partial charge in [-0.1, -0.05) is 18.1 Å². The van der Waals surface area contributed by atoms with Gasteiger partial charge >= 0.3 is 0 Å². The van der Waals surface area contributed by atoms with Gasteiger partial charge in [-0.25, -0.2) is 0 Å². The highest BCUT2D eigenvalue weighted by molar-refractivity contribution is 5.84. The zero-order valence-electron chi connectivity index (χ0n) is 10.3. The Morgan fingerprint density at radius 2 is 2.18 bits per heavy atom. The first kappa shape index (κ1) is 13.2. The Morgan fingerprint density at radius 1 is 1.47 bits per heavy atom. The van der Waals surface area contributed by atoms with Gasteiger partial charge in [0, 0.05) is 0 Å². The van der Waals surface area contributed by atoms with E-state index in [1.807, 2.05) is 18.2 Å². The van der Waals surface area contributed by atoms with Crippen LogP contribution >= 0.6 is 0 Å². The van der Waals surface area contributed by atoms with Crippen molar-refractivity contribution in [2.24, 2.45) is 10.9 Å². The highest BCUT2D eigenvalue weighted by Gasteiger charge is 2.13. The molecule has 3 N–H and O–H groups in total. The van der Waals surface area contributed by atoms with E-state index in [9.17, 15) is 0 Å². The van der Waals surface area contributed by atoms with Crippen LogP contribution in [-0.4, -0.2) is 24.3 Å². The Hall–Kier alpha value is -1.91. The van der Waals surface area contributed by atoms with Crippen LogP contribution in [0.4, 0.5) is 0 Å². The highest BCUT2D eigenvalue weighted by atomic mass is 16.5. The molecule has 1 rings (SSSR count). The number of benzene rings is 1. The predicted molar refractivity (Wildman–Crippen MR) is 65.9 cm³/mol. The normalized spacial score (nSPS) is 13.2. The number of aryl methyl sites for hydroxylation is 1. The highest BCUT2D eigenvalue weighted by Crippen LogP contribution is 2.29. The van der Waals surface area contributed by atoms with Crippen LogP contribution in [0.15, 0.2) is 23.4 Å². The first-order valence-corrected chi connectivity index (χ1v) is 5.43. The van der Waals surface area contributed by atoms with E-state index in [2.05, 4.69) is 12.1 Å². The van der Waals surface area contributed by atoms with Gasteiger partial charge in [-0.2, -0.15) is 0 Å². The third kappa shape index (κ3) is 3.27. The van der Waals surface area contributed by atoms with Crippen molar-refractivity contribution in [1.82, 2.24) is 0 Å². The fraction of sp³-hybridized carbons (Fsp3) is 0.417. The van der Waals surface area contributed by atoms with Gasteiger partial charge in [-0.3, -0.25) is 0 Å². The van der Waals surface area contributed by atoms with Crippen LogP contribution in [0.25, 0.3) is 0 Å². The maximum Gasteiger partial charge on any atom is 0.180 e. The van der Waals surface area contributed by atoms with Crippen LogP contribution < -0.4 is 15.2 Å². The second-order valence-corrected chi connectivity index (χ2v) is 3.62. The van der Waals surface area contributed by atoms with Gasteiger partial charge in [0.2, 0.25) is 0 Å². The van der Waals surface area contributed by atoms with Crippen LogP contribution in [0.1, 0.15) is 19.4 Å². The van der Waals surface area contributed by atoms with E-state index in [0.29, 0.717) is 11.5 Å². The lowest BCUT2D eigenvalue weighted by atomic mass is 10.1. The van der Waals surface area contributed by atoms with Gasteiger partial charge in [-0.05, 0) is 31.0 Å². The van der Waals surface area contributed by atoms with Gasteiger partial charge in [0.1, 0.15) is 0 Å². The van der Waals surface area contributed by atoms with E-state index in [0.717, 1.165) is 12.0 Å². The van der Waals surface area contributed by atoms with E-state index >= 15 is 0 Å². The van der Waals surface area contributed by atoms with Gasteiger partial charge in [-0.15, -0.1) is 0 Å². The predicted octanol–water partition coefficient (Wildman–Crippen LogP) is 1.77. The van der Waals surface area contributed by atoms with Crippen molar-refractivity contribution in [1.29, 1.82) is 0 Å². The summed E-state index contributed by atoms with van der Waals surface area (Å²) < 4.78 is 10.8. The second kappa shape index (κ2) is 5.98. The lowest BCUT2D eigenvalue weighted by Gasteiger charge is -2.16. The zero-order valence-corrected chi connectivity index (χ0v) is 10.3. The SMILES string of the molecule is CCc1ccc(OC(C)/C(N)=N/O)c(OC)c1. The number of hydrogen-bond donors (Lipinski definition) is 2. The van der Waals surface area contributed by atoms with Gasteiger partial charge in [0.15, 0.2) is 23.4 Å². The molecule has 1 aromatic rings. The summed E-state index contributed by atoms with van der Waals surface area (Å²) in [7, 11) is 1.58. The maximum absolute atomic E-state index is 8.54. The quantitative estimate of drug-likeness (QED) is 0.355. The average Bonchev–Trinajstić information content (AvgIpc) is 2.37. The molecule has 0 fully saturated rings. The third-order valence-electron chi connectivity index (χ3n) is 2.47. The summed E-state index contributed by atoms with van der Waals surface area (Å²) >= 11 is 0. The van der Waals surface area contributed by atoms with Gasteiger partial charge in [0.05, 0.1) is 7.11 Å². The number of hydrogen-bond acceptors (Lipinski definition) is 4. The third-order valence-corrected chi connectivity index (χ3v) is 2.47. The molecule has 0 aromatic heterocycles. The number of nitrogens with zero attached hydrogens (tertiary/aromatic N) is 1. The van der Waals surface area contributed by atoms with E-state index in [-0.39, 0.29) is 5.84 Å². The molecule has 0 heterocycles. The smallest absolute Gasteiger partial charge is 0.180 e. The number of rotatable bonds is 5. The fourth-order valence-electron chi connectivity index (χ4n) is 1.36. The fourth-order valence-corrected chi connectivity index (χ4v) is 1.36. The molecule has 0 amide bonds. The summed E-state index contributed by atoms with van der Waals surface area (Å²) in [5, 5.41) is 11.4. The number of oxime groups is 1. The molecule has 17 heavy (non-hydrogen) atoms. The molecule has 1 aromatic carbocycles. The first-order valence-electron chi connectivity index (χ1n) is 5.43. The largest absolute Gasteiger partial charge is 0.493 e. The Kier molecular flexibility index (Phi) is 4.63. The molecule has 0 saturated carbocycles. The Morgan fingerprint density at radius 3 is 2.71 bits per heavy atom. The topological polar surface area (TPSA) is 77.1 Å². The van der Waals surface area contributed by atoms with Crippen LogP contribution in [-0.2, 0) is 6.42 Å². The Bertz CT molecular complexity index is 405. The summed E-state index contributed by atoms with van der Waals surface area (Å²) in [6.07, 6.45) is 0.410. The molecule has 1 atom stereocenters. The van der Waals surface area contributed by atoms with Crippen LogP contribution in [0, 0.1) is 0 Å². The standard InChI is InChI=1S/C12H18N2O3/c1-4-9-5-6-10(11(7-9)16-3)17-8(2)12(13)14-15/h5-8,15H,4H2,1-3H3,(H2,13,14). The lowest BCUT2D eigenvalue weighted by molar-refractivity contribution is 0.254. The molecule has 0 aliphatic heterocycles. The minimum absolute atomic E-state index is 0.0200. The molecule has 94 valence electrons. The summed E-state index contributed by atoms with van der Waals surface area (Å²) in [5.41, 5.74) is 6.60. The molecular weight excluding hydrogens is 220 g/mol. The molecular formula is C12H18N2O3. The first-order chi connectivity index (χ1) is 8.12. The molecule has 1 unspecified atom stereocenters. The van der Waals surface area contributed by atoms with Crippen molar-refractivity contribution >= 4 is 5.84 Å². The van der Waals surface area contributed by atoms with Crippen LogP contribution in [0.2, 0.25) is 0 Å². The van der Waals surface area contributed by atoms with Crippen molar-refractivity contribution in [3.63, 3.8) is 0 Å². The summed E-state index contributed by atoms with van der Waals surface area (Å²) in [6, 6.07) is 5.68. The monoisotopic (exact) mass is 238 g/mol. The van der Waals surface area contributed by atoms with Crippen molar-refractivity contribution in [2.75, 3.05) is 7.11 Å². The molecule has 0 spiro atoms. The van der Waals surface area contributed by atoms with Crippen molar-refractivity contribution in [3.05, 3.63) is 23.8 Å². The molecule has 0 saturated heterocycles. The van der Waals surface area contributed by atoms with E-state index in [1.54, 1.807) is 14.0 Å². The van der Waals surface area contributed by atoms with Gasteiger partial charge < -0.3 is 20.4 Å². The Balaban J connectivity index is 2.91. The molecule has 0 radical (unpaired) electrons. The van der Waals surface area contributed by atoms with E-state index in [1.165, 1.54) is 0 Å². The number of ether oxygens (including phenoxy) is 2. The molecule has 0 aliphatic carbocycles. The van der Waals surface area contributed by atoms with Crippen LogP contribution in [0.3, 0.4) is 0 Å². The molecule has 5 heteroatoms. The summed E-state index contributed by atoms with van der Waals surface area (Å²) in [5.74, 6) is 1.23. The van der Waals surface area contributed by atoms with E-state index in [4.69, 9.17) is 20.4 Å². The van der Waals surface area contributed by atoms with E-state index < -0.39 is 6.10 Å². The van der Waals surface area contributed by atoms with Crippen LogP contribution in [0.5, 0.6) is 11.5 Å². The lowest BCUT2D eigenvalue weighted by Crippen LogP contribution is -2.31. The number of nitrogens with two attached hydrogens (primary N) is 1. The maximum atomic E-state index is 8.54. The van der Waals surface area contributed by atoms with Gasteiger partial charge in [0.25, 0.3) is 0 Å². The minimum atomic E-state index is -0.513. The Labute approximate surface area is 101 Å². The second-order valence-electron chi connectivity index (χ2n) is 3.62. The number of methoxy groups -OCH3 is 1. The number of amidine groups is 1. The average molecular weight is 238 g/mol. The molecule has 0 aliphatic rings. The summed E-state index contributed by atoms with van der Waals surface area (Å²) in [4.78, 5) is 0. The van der Waals surface area contributed by atoms with Crippen molar-refractivity contribution in [3.8, 4) is 11.5 Å². The summed E-state index contributed by atoms with van der Waals surface area (Å²) in [6.45, 7) is 3.76. The zero-order chi connectivity index (χ0) is 12.8. The molecule has 5 nitrogen and oxygen atoms in total. The van der Waals surface area contributed by atoms with Crippen molar-refractivity contribution in [2.45, 2.75) is 26.4 Å². The minimum Gasteiger partial charge on any atom is -0.493 e.